The molecule has 0 heterocycles. The van der Waals surface area contributed by atoms with Gasteiger partial charge in [0.05, 0.1) is 17.9 Å². The predicted octanol–water partition coefficient (Wildman–Crippen LogP) is 3.00. The Morgan fingerprint density at radius 1 is 1.41 bits per heavy atom. The van der Waals surface area contributed by atoms with Gasteiger partial charge in [-0.2, -0.15) is 0 Å². The highest BCUT2D eigenvalue weighted by atomic mass is 19.1. The van der Waals surface area contributed by atoms with Gasteiger partial charge in [0.25, 0.3) is 0 Å². The lowest BCUT2D eigenvalue weighted by atomic mass is 10.1. The topological polar surface area (TPSA) is 52.3 Å². The first-order valence-electron chi connectivity index (χ1n) is 5.81. The average Bonchev–Trinajstić information content (AvgIpc) is 2.33. The molecule has 0 saturated carbocycles. The molecular formula is C13H18FNO2. The minimum absolute atomic E-state index is 0.0935. The van der Waals surface area contributed by atoms with Crippen molar-refractivity contribution in [3.8, 4) is 0 Å². The first kappa shape index (κ1) is 13.5. The van der Waals surface area contributed by atoms with E-state index in [9.17, 15) is 9.18 Å². The van der Waals surface area contributed by atoms with E-state index in [1.165, 1.54) is 18.2 Å². The summed E-state index contributed by atoms with van der Waals surface area (Å²) in [5.41, 5.74) is 5.42. The smallest absolute Gasteiger partial charge is 0.340 e. The summed E-state index contributed by atoms with van der Waals surface area (Å²) in [5, 5.41) is 0. The van der Waals surface area contributed by atoms with Crippen molar-refractivity contribution in [3.05, 3.63) is 29.6 Å². The molecule has 0 aromatic heterocycles. The third kappa shape index (κ3) is 3.44. The Labute approximate surface area is 101 Å². The zero-order valence-electron chi connectivity index (χ0n) is 10.2. The molecule has 1 aromatic carbocycles. The second-order valence-electron chi connectivity index (χ2n) is 3.98. The van der Waals surface area contributed by atoms with Crippen molar-refractivity contribution in [2.24, 2.45) is 5.92 Å². The van der Waals surface area contributed by atoms with Crippen LogP contribution in [0.5, 0.6) is 0 Å². The van der Waals surface area contributed by atoms with Gasteiger partial charge in [-0.1, -0.05) is 32.8 Å². The second kappa shape index (κ2) is 6.23. The molecule has 3 nitrogen and oxygen atoms in total. The molecular weight excluding hydrogens is 221 g/mol. The summed E-state index contributed by atoms with van der Waals surface area (Å²) in [7, 11) is 0. The minimum atomic E-state index is -0.595. The number of benzene rings is 1. The number of hydrogen-bond donors (Lipinski definition) is 1. The van der Waals surface area contributed by atoms with Crippen LogP contribution in [0.3, 0.4) is 0 Å². The zero-order valence-corrected chi connectivity index (χ0v) is 10.2. The van der Waals surface area contributed by atoms with Gasteiger partial charge in [0.2, 0.25) is 0 Å². The Morgan fingerprint density at radius 2 is 2.06 bits per heavy atom. The summed E-state index contributed by atoms with van der Waals surface area (Å²) >= 11 is 0. The van der Waals surface area contributed by atoms with E-state index in [4.69, 9.17) is 10.5 Å². The van der Waals surface area contributed by atoms with Crippen molar-refractivity contribution in [1.29, 1.82) is 0 Å². The third-order valence-corrected chi connectivity index (χ3v) is 2.88. The number of esters is 1. The standard InChI is InChI=1S/C13H18FNO2/c1-3-9(4-2)8-17-13(16)10-6-5-7-11(14)12(10)15/h5-7,9H,3-4,8,15H2,1-2H3. The van der Waals surface area contributed by atoms with E-state index in [2.05, 4.69) is 0 Å². The van der Waals surface area contributed by atoms with Crippen LogP contribution in [0.4, 0.5) is 10.1 Å². The summed E-state index contributed by atoms with van der Waals surface area (Å²) in [6.45, 7) is 4.43. The first-order valence-corrected chi connectivity index (χ1v) is 5.81. The molecule has 94 valence electrons. The van der Waals surface area contributed by atoms with Crippen LogP contribution in [-0.4, -0.2) is 12.6 Å². The van der Waals surface area contributed by atoms with Crippen molar-refractivity contribution in [1.82, 2.24) is 0 Å². The van der Waals surface area contributed by atoms with Crippen molar-refractivity contribution < 1.29 is 13.9 Å². The Morgan fingerprint density at radius 3 is 2.65 bits per heavy atom. The molecule has 0 bridgehead atoms. The fourth-order valence-electron chi connectivity index (χ4n) is 1.51. The molecule has 0 aliphatic rings. The van der Waals surface area contributed by atoms with E-state index in [-0.39, 0.29) is 11.3 Å². The van der Waals surface area contributed by atoms with Crippen LogP contribution in [0.15, 0.2) is 18.2 Å². The normalized spacial score (nSPS) is 10.6. The Balaban J connectivity index is 2.67. The predicted molar refractivity (Wildman–Crippen MR) is 65.2 cm³/mol. The molecule has 1 rings (SSSR count). The number of carbonyl (C=O) groups excluding carboxylic acids is 1. The molecule has 0 spiro atoms. The summed E-state index contributed by atoms with van der Waals surface area (Å²) in [6.07, 6.45) is 1.89. The molecule has 0 amide bonds. The van der Waals surface area contributed by atoms with Gasteiger partial charge in [0, 0.05) is 0 Å². The van der Waals surface area contributed by atoms with Gasteiger partial charge in [-0.25, -0.2) is 9.18 Å². The Hall–Kier alpha value is -1.58. The van der Waals surface area contributed by atoms with E-state index in [1.54, 1.807) is 0 Å². The van der Waals surface area contributed by atoms with Gasteiger partial charge in [-0.3, -0.25) is 0 Å². The molecule has 0 aliphatic carbocycles. The lowest BCUT2D eigenvalue weighted by molar-refractivity contribution is 0.0434. The van der Waals surface area contributed by atoms with Crippen molar-refractivity contribution in [3.63, 3.8) is 0 Å². The van der Waals surface area contributed by atoms with Crippen LogP contribution in [-0.2, 0) is 4.74 Å². The van der Waals surface area contributed by atoms with Gasteiger partial charge in [0.15, 0.2) is 0 Å². The van der Waals surface area contributed by atoms with Gasteiger partial charge in [-0.15, -0.1) is 0 Å². The second-order valence-corrected chi connectivity index (χ2v) is 3.98. The van der Waals surface area contributed by atoms with E-state index < -0.39 is 11.8 Å². The number of ether oxygens (including phenoxy) is 1. The monoisotopic (exact) mass is 239 g/mol. The van der Waals surface area contributed by atoms with Crippen molar-refractivity contribution >= 4 is 11.7 Å². The van der Waals surface area contributed by atoms with Gasteiger partial charge in [0.1, 0.15) is 5.82 Å². The van der Waals surface area contributed by atoms with Crippen LogP contribution in [0.1, 0.15) is 37.0 Å². The van der Waals surface area contributed by atoms with Crippen LogP contribution in [0.2, 0.25) is 0 Å². The maximum atomic E-state index is 13.1. The molecule has 0 saturated heterocycles. The van der Waals surface area contributed by atoms with Crippen molar-refractivity contribution in [2.45, 2.75) is 26.7 Å². The lowest BCUT2D eigenvalue weighted by Gasteiger charge is -2.13. The molecule has 0 radical (unpaired) electrons. The van der Waals surface area contributed by atoms with Gasteiger partial charge >= 0.3 is 5.97 Å². The maximum absolute atomic E-state index is 13.1. The van der Waals surface area contributed by atoms with E-state index in [1.807, 2.05) is 13.8 Å². The molecule has 0 atom stereocenters. The van der Waals surface area contributed by atoms with Crippen LogP contribution >= 0.6 is 0 Å². The number of nitrogen functional groups attached to an aromatic ring is 1. The average molecular weight is 239 g/mol. The van der Waals surface area contributed by atoms with E-state index in [0.717, 1.165) is 12.8 Å². The summed E-state index contributed by atoms with van der Waals surface area (Å²) in [5.74, 6) is -0.815. The number of para-hydroxylation sites is 1. The zero-order chi connectivity index (χ0) is 12.8. The third-order valence-electron chi connectivity index (χ3n) is 2.88. The number of hydrogen-bond acceptors (Lipinski definition) is 3. The number of carbonyl (C=O) groups is 1. The fourth-order valence-corrected chi connectivity index (χ4v) is 1.51. The van der Waals surface area contributed by atoms with Crippen LogP contribution in [0.25, 0.3) is 0 Å². The maximum Gasteiger partial charge on any atom is 0.340 e. The summed E-state index contributed by atoms with van der Waals surface area (Å²) in [6, 6.07) is 4.13. The van der Waals surface area contributed by atoms with E-state index in [0.29, 0.717) is 12.5 Å². The quantitative estimate of drug-likeness (QED) is 0.634. The first-order chi connectivity index (χ1) is 8.10. The largest absolute Gasteiger partial charge is 0.462 e. The van der Waals surface area contributed by atoms with Gasteiger partial charge in [-0.05, 0) is 18.1 Å². The number of anilines is 1. The highest BCUT2D eigenvalue weighted by Crippen LogP contribution is 2.17. The SMILES string of the molecule is CCC(CC)COC(=O)c1cccc(F)c1N. The van der Waals surface area contributed by atoms with E-state index >= 15 is 0 Å². The molecule has 0 unspecified atom stereocenters. The highest BCUT2D eigenvalue weighted by molar-refractivity contribution is 5.95. The molecule has 2 N–H and O–H groups in total. The Bertz CT molecular complexity index is 389. The van der Waals surface area contributed by atoms with Crippen molar-refractivity contribution in [2.75, 3.05) is 12.3 Å². The molecule has 0 fully saturated rings. The summed E-state index contributed by atoms with van der Waals surface area (Å²) < 4.78 is 18.3. The number of halogens is 1. The molecule has 0 aliphatic heterocycles. The van der Waals surface area contributed by atoms with Gasteiger partial charge < -0.3 is 10.5 Å². The Kier molecular flexibility index (Phi) is 4.94. The minimum Gasteiger partial charge on any atom is -0.462 e. The number of rotatable bonds is 5. The molecule has 1 aromatic rings. The number of nitrogens with two attached hydrogens (primary N) is 1. The highest BCUT2D eigenvalue weighted by Gasteiger charge is 2.15. The lowest BCUT2D eigenvalue weighted by Crippen LogP contribution is -2.15. The molecule has 17 heavy (non-hydrogen) atoms. The fraction of sp³-hybridized carbons (Fsp3) is 0.462. The molecule has 4 heteroatoms. The summed E-state index contributed by atoms with van der Waals surface area (Å²) in [4.78, 5) is 11.7. The van der Waals surface area contributed by atoms with Crippen LogP contribution in [0, 0.1) is 11.7 Å². The van der Waals surface area contributed by atoms with Crippen LogP contribution < -0.4 is 5.73 Å².